The Balaban J connectivity index is 1.91. The number of carbonyl (C=O) groups is 1. The summed E-state index contributed by atoms with van der Waals surface area (Å²) >= 11 is 0. The van der Waals surface area contributed by atoms with Crippen LogP contribution < -0.4 is 0 Å². The van der Waals surface area contributed by atoms with Crippen molar-refractivity contribution >= 4 is 18.7 Å². The van der Waals surface area contributed by atoms with Crippen molar-refractivity contribution in [3.8, 4) is 0 Å². The van der Waals surface area contributed by atoms with Gasteiger partial charge in [0.15, 0.2) is 0 Å². The zero-order valence-corrected chi connectivity index (χ0v) is 13.9. The van der Waals surface area contributed by atoms with Gasteiger partial charge in [0.2, 0.25) is 0 Å². The fourth-order valence-corrected chi connectivity index (χ4v) is 2.60. The number of hydrogen-bond acceptors (Lipinski definition) is 1. The standard InChI is InChI=1S/C22H18BO/c1-15-6-10-17(11-7-15)21(23)19-4-3-5-20(14-19)22(24)18-12-8-16(2)9-13-18/h3-14H,1-2H3. The monoisotopic (exact) mass is 309 g/mol. The molecule has 1 nitrogen and oxygen atoms in total. The maximum absolute atomic E-state index is 12.7. The van der Waals surface area contributed by atoms with Crippen LogP contribution in [-0.2, 0) is 0 Å². The third-order valence-electron chi connectivity index (χ3n) is 4.11. The maximum atomic E-state index is 12.7. The van der Waals surface area contributed by atoms with Crippen molar-refractivity contribution in [3.05, 3.63) is 106 Å². The molecule has 3 aromatic carbocycles. The van der Waals surface area contributed by atoms with Crippen LogP contribution in [0.15, 0.2) is 72.8 Å². The Hall–Kier alpha value is -2.74. The summed E-state index contributed by atoms with van der Waals surface area (Å²) in [6, 6.07) is 23.2. The Kier molecular flexibility index (Phi) is 4.57. The molecular weight excluding hydrogens is 291 g/mol. The molecule has 0 aliphatic heterocycles. The second-order valence-corrected chi connectivity index (χ2v) is 6.06. The molecule has 0 fully saturated rings. The van der Waals surface area contributed by atoms with Crippen molar-refractivity contribution in [2.24, 2.45) is 0 Å². The minimum atomic E-state index is 0.00792. The first-order chi connectivity index (χ1) is 11.5. The summed E-state index contributed by atoms with van der Waals surface area (Å²) in [5.74, 6) is 0.00792. The molecule has 0 aliphatic carbocycles. The molecule has 0 N–H and O–H groups in total. The van der Waals surface area contributed by atoms with Crippen LogP contribution >= 0.6 is 0 Å². The van der Waals surface area contributed by atoms with E-state index in [-0.39, 0.29) is 5.78 Å². The predicted molar refractivity (Wildman–Crippen MR) is 101 cm³/mol. The first-order valence-electron chi connectivity index (χ1n) is 7.96. The van der Waals surface area contributed by atoms with Crippen molar-refractivity contribution in [1.29, 1.82) is 0 Å². The Morgan fingerprint density at radius 3 is 1.75 bits per heavy atom. The molecule has 0 atom stereocenters. The van der Waals surface area contributed by atoms with Crippen LogP contribution in [0.4, 0.5) is 0 Å². The number of benzene rings is 3. The summed E-state index contributed by atoms with van der Waals surface area (Å²) in [6.45, 7) is 4.05. The van der Waals surface area contributed by atoms with E-state index in [1.807, 2.05) is 86.6 Å². The zero-order chi connectivity index (χ0) is 17.1. The van der Waals surface area contributed by atoms with E-state index in [1.165, 1.54) is 5.56 Å². The Morgan fingerprint density at radius 1 is 0.667 bits per heavy atom. The quantitative estimate of drug-likeness (QED) is 0.519. The topological polar surface area (TPSA) is 17.1 Å². The van der Waals surface area contributed by atoms with Crippen LogP contribution in [0.25, 0.3) is 0 Å². The first-order valence-corrected chi connectivity index (χ1v) is 7.96. The fourth-order valence-electron chi connectivity index (χ4n) is 2.60. The van der Waals surface area contributed by atoms with E-state index in [9.17, 15) is 4.79 Å². The van der Waals surface area contributed by atoms with Gasteiger partial charge in [0.25, 0.3) is 0 Å². The van der Waals surface area contributed by atoms with E-state index in [0.29, 0.717) is 16.6 Å². The van der Waals surface area contributed by atoms with Gasteiger partial charge >= 0.3 is 144 Å². The number of hydrogen-bond donors (Lipinski definition) is 0. The van der Waals surface area contributed by atoms with Gasteiger partial charge < -0.3 is 0 Å². The zero-order valence-electron chi connectivity index (χ0n) is 13.9. The SMILES string of the molecule is [B]=C(c1ccc(C)cc1)c1cccc(C(=O)c2ccc(C)cc2)c1. The Labute approximate surface area is 144 Å². The molecule has 0 spiro atoms. The summed E-state index contributed by atoms with van der Waals surface area (Å²) in [4.78, 5) is 12.7. The molecular formula is C22H18BO. The van der Waals surface area contributed by atoms with Gasteiger partial charge in [-0.3, -0.25) is 0 Å². The van der Waals surface area contributed by atoms with Crippen molar-refractivity contribution in [1.82, 2.24) is 0 Å². The third kappa shape index (κ3) is 3.43. The normalized spacial score (nSPS) is 10.4. The van der Waals surface area contributed by atoms with E-state index in [4.69, 9.17) is 7.49 Å². The van der Waals surface area contributed by atoms with Crippen LogP contribution in [0, 0.1) is 13.8 Å². The molecule has 115 valence electrons. The molecule has 0 amide bonds. The molecule has 0 saturated carbocycles. The predicted octanol–water partition coefficient (Wildman–Crippen LogP) is 4.27. The van der Waals surface area contributed by atoms with Gasteiger partial charge in [-0.15, -0.1) is 0 Å². The molecule has 0 aliphatic rings. The van der Waals surface area contributed by atoms with Gasteiger partial charge in [-0.1, -0.05) is 0 Å². The number of ketones is 1. The molecule has 0 aromatic heterocycles. The van der Waals surface area contributed by atoms with Crippen LogP contribution in [0.2, 0.25) is 0 Å². The van der Waals surface area contributed by atoms with Crippen molar-refractivity contribution in [2.45, 2.75) is 13.8 Å². The van der Waals surface area contributed by atoms with Gasteiger partial charge in [-0.05, 0) is 0 Å². The molecule has 24 heavy (non-hydrogen) atoms. The number of carbonyl (C=O) groups excluding carboxylic acids is 1. The molecule has 0 heterocycles. The molecule has 0 unspecified atom stereocenters. The van der Waals surface area contributed by atoms with Crippen LogP contribution in [0.3, 0.4) is 0 Å². The van der Waals surface area contributed by atoms with E-state index < -0.39 is 0 Å². The van der Waals surface area contributed by atoms with E-state index in [2.05, 4.69) is 0 Å². The van der Waals surface area contributed by atoms with Crippen molar-refractivity contribution < 1.29 is 4.79 Å². The molecule has 3 aromatic rings. The first kappa shape index (κ1) is 16.1. The van der Waals surface area contributed by atoms with Crippen LogP contribution in [0.5, 0.6) is 0 Å². The van der Waals surface area contributed by atoms with Gasteiger partial charge in [0.05, 0.1) is 0 Å². The molecule has 1 radical (unpaired) electrons. The summed E-state index contributed by atoms with van der Waals surface area (Å²) in [6.07, 6.45) is 0. The van der Waals surface area contributed by atoms with Crippen LogP contribution in [-0.4, -0.2) is 18.7 Å². The molecule has 0 bridgehead atoms. The summed E-state index contributed by atoms with van der Waals surface area (Å²) in [5, 5.41) is 0. The molecule has 0 saturated heterocycles. The number of aryl methyl sites for hydroxylation is 2. The average Bonchev–Trinajstić information content (AvgIpc) is 2.62. The van der Waals surface area contributed by atoms with Gasteiger partial charge in [-0.2, -0.15) is 0 Å². The number of rotatable bonds is 4. The second kappa shape index (κ2) is 6.80. The van der Waals surface area contributed by atoms with Crippen molar-refractivity contribution in [2.75, 3.05) is 0 Å². The van der Waals surface area contributed by atoms with E-state index in [1.54, 1.807) is 0 Å². The van der Waals surface area contributed by atoms with Gasteiger partial charge in [0, 0.05) is 0 Å². The summed E-state index contributed by atoms with van der Waals surface area (Å²) in [7, 11) is 6.30. The Bertz CT molecular complexity index is 817. The second-order valence-electron chi connectivity index (χ2n) is 6.06. The van der Waals surface area contributed by atoms with Crippen LogP contribution in [0.1, 0.15) is 38.2 Å². The minimum absolute atomic E-state index is 0.00792. The van der Waals surface area contributed by atoms with Crippen molar-refractivity contribution in [3.63, 3.8) is 0 Å². The van der Waals surface area contributed by atoms with E-state index >= 15 is 0 Å². The summed E-state index contributed by atoms with van der Waals surface area (Å²) in [5.41, 5.74) is 6.15. The van der Waals surface area contributed by atoms with E-state index in [0.717, 1.165) is 16.7 Å². The average molecular weight is 309 g/mol. The van der Waals surface area contributed by atoms with Gasteiger partial charge in [-0.25, -0.2) is 0 Å². The third-order valence-corrected chi connectivity index (χ3v) is 4.11. The molecule has 3 rings (SSSR count). The van der Waals surface area contributed by atoms with Gasteiger partial charge in [0.1, 0.15) is 0 Å². The molecule has 2 heteroatoms. The Morgan fingerprint density at radius 2 is 1.17 bits per heavy atom. The summed E-state index contributed by atoms with van der Waals surface area (Å²) < 4.78 is 0. The fraction of sp³-hybridized carbons (Fsp3) is 0.0909.